The van der Waals surface area contributed by atoms with Crippen molar-refractivity contribution in [1.82, 2.24) is 9.78 Å². The molecule has 1 fully saturated rings. The van der Waals surface area contributed by atoms with E-state index >= 15 is 0 Å². The molecule has 0 amide bonds. The lowest BCUT2D eigenvalue weighted by Crippen LogP contribution is -2.26. The van der Waals surface area contributed by atoms with Crippen molar-refractivity contribution in [1.29, 1.82) is 0 Å². The second-order valence-electron chi connectivity index (χ2n) is 4.47. The number of rotatable bonds is 5. The van der Waals surface area contributed by atoms with Crippen LogP contribution in [0.3, 0.4) is 0 Å². The number of hydrogen-bond acceptors (Lipinski definition) is 3. The van der Waals surface area contributed by atoms with E-state index in [0.717, 1.165) is 12.2 Å². The van der Waals surface area contributed by atoms with Crippen LogP contribution < -0.4 is 10.9 Å². The summed E-state index contributed by atoms with van der Waals surface area (Å²) in [6, 6.07) is 0.104. The van der Waals surface area contributed by atoms with Crippen LogP contribution in [0.4, 0.5) is 5.69 Å². The van der Waals surface area contributed by atoms with E-state index in [-0.39, 0.29) is 11.6 Å². The molecular weight excluding hydrogens is 282 g/mol. The van der Waals surface area contributed by atoms with Crippen LogP contribution in [0, 0.1) is 5.92 Å². The summed E-state index contributed by atoms with van der Waals surface area (Å²) < 4.78 is 2.08. The van der Waals surface area contributed by atoms with Gasteiger partial charge in [-0.05, 0) is 41.6 Å². The average Bonchev–Trinajstić information content (AvgIpc) is 3.12. The highest BCUT2D eigenvalue weighted by Gasteiger charge is 2.23. The minimum atomic E-state index is -0.0711. The molecule has 5 heteroatoms. The van der Waals surface area contributed by atoms with Gasteiger partial charge in [0.2, 0.25) is 0 Å². The van der Waals surface area contributed by atoms with Gasteiger partial charge in [0.05, 0.1) is 11.9 Å². The monoisotopic (exact) mass is 297 g/mol. The van der Waals surface area contributed by atoms with E-state index in [1.807, 2.05) is 6.92 Å². The minimum absolute atomic E-state index is 0.0711. The van der Waals surface area contributed by atoms with Crippen LogP contribution in [-0.2, 0) is 6.54 Å². The molecular formula is C12H16BrN3O. The van der Waals surface area contributed by atoms with Crippen LogP contribution in [0.5, 0.6) is 0 Å². The highest BCUT2D eigenvalue weighted by Crippen LogP contribution is 2.30. The highest BCUT2D eigenvalue weighted by atomic mass is 79.9. The molecule has 92 valence electrons. The Morgan fingerprint density at radius 1 is 1.76 bits per heavy atom. The molecule has 1 unspecified atom stereocenters. The van der Waals surface area contributed by atoms with Crippen molar-refractivity contribution in [3.8, 4) is 0 Å². The van der Waals surface area contributed by atoms with Gasteiger partial charge in [0, 0.05) is 12.6 Å². The van der Waals surface area contributed by atoms with Crippen LogP contribution in [0.25, 0.3) is 0 Å². The molecule has 1 aliphatic carbocycles. The van der Waals surface area contributed by atoms with E-state index in [2.05, 4.69) is 32.9 Å². The van der Waals surface area contributed by atoms with E-state index in [0.29, 0.717) is 10.4 Å². The molecule has 0 aliphatic heterocycles. The van der Waals surface area contributed by atoms with Crippen molar-refractivity contribution in [2.75, 3.05) is 5.32 Å². The first-order valence-corrected chi connectivity index (χ1v) is 6.56. The maximum absolute atomic E-state index is 12.0. The molecule has 2 rings (SSSR count). The van der Waals surface area contributed by atoms with E-state index in [1.165, 1.54) is 17.5 Å². The maximum atomic E-state index is 12.0. The smallest absolute Gasteiger partial charge is 0.283 e. The molecule has 0 bridgehead atoms. The third-order valence-corrected chi connectivity index (χ3v) is 3.62. The van der Waals surface area contributed by atoms with Gasteiger partial charge in [0.25, 0.3) is 5.56 Å². The van der Waals surface area contributed by atoms with Gasteiger partial charge < -0.3 is 5.32 Å². The van der Waals surface area contributed by atoms with Crippen LogP contribution in [0.2, 0.25) is 0 Å². The van der Waals surface area contributed by atoms with Crippen LogP contribution in [-0.4, -0.2) is 15.8 Å². The van der Waals surface area contributed by atoms with Crippen molar-refractivity contribution in [2.24, 2.45) is 5.92 Å². The minimum Gasteiger partial charge on any atom is -0.377 e. The number of nitrogens with zero attached hydrogens (tertiary/aromatic N) is 2. The van der Waals surface area contributed by atoms with Gasteiger partial charge in [0.1, 0.15) is 4.47 Å². The summed E-state index contributed by atoms with van der Waals surface area (Å²) in [7, 11) is 0. The SMILES string of the molecule is C=CC(C)Nc1cnn(CC2CC2)c(=O)c1Br. The zero-order valence-electron chi connectivity index (χ0n) is 9.82. The van der Waals surface area contributed by atoms with E-state index in [9.17, 15) is 4.79 Å². The third-order valence-electron chi connectivity index (χ3n) is 2.85. The summed E-state index contributed by atoms with van der Waals surface area (Å²) >= 11 is 3.33. The van der Waals surface area contributed by atoms with Gasteiger partial charge in [-0.1, -0.05) is 6.08 Å². The summed E-state index contributed by atoms with van der Waals surface area (Å²) in [6.45, 7) is 6.39. The number of hydrogen-bond donors (Lipinski definition) is 1. The van der Waals surface area contributed by atoms with Crippen molar-refractivity contribution in [3.05, 3.63) is 33.7 Å². The number of halogens is 1. The normalized spacial score (nSPS) is 16.6. The molecule has 1 aliphatic rings. The summed E-state index contributed by atoms with van der Waals surface area (Å²) in [5.41, 5.74) is 0.646. The van der Waals surface area contributed by atoms with Crippen LogP contribution in [0.1, 0.15) is 19.8 Å². The summed E-state index contributed by atoms with van der Waals surface area (Å²) in [6.07, 6.45) is 5.88. The average molecular weight is 298 g/mol. The first kappa shape index (κ1) is 12.4. The van der Waals surface area contributed by atoms with Crippen molar-refractivity contribution >= 4 is 21.6 Å². The third kappa shape index (κ3) is 2.97. The fraction of sp³-hybridized carbons (Fsp3) is 0.500. The number of anilines is 1. The fourth-order valence-electron chi connectivity index (χ4n) is 1.54. The zero-order chi connectivity index (χ0) is 12.4. The molecule has 1 N–H and O–H groups in total. The Kier molecular flexibility index (Phi) is 3.66. The molecule has 0 aromatic carbocycles. The Morgan fingerprint density at radius 2 is 2.47 bits per heavy atom. The molecule has 0 saturated heterocycles. The van der Waals surface area contributed by atoms with Gasteiger partial charge in [-0.2, -0.15) is 5.10 Å². The number of aromatic nitrogens is 2. The Labute approximate surface area is 109 Å². The van der Waals surface area contributed by atoms with Gasteiger partial charge >= 0.3 is 0 Å². The lowest BCUT2D eigenvalue weighted by atomic mass is 10.3. The van der Waals surface area contributed by atoms with Crippen molar-refractivity contribution in [2.45, 2.75) is 32.4 Å². The topological polar surface area (TPSA) is 46.9 Å². The van der Waals surface area contributed by atoms with Gasteiger partial charge in [0.15, 0.2) is 0 Å². The maximum Gasteiger partial charge on any atom is 0.283 e. The highest BCUT2D eigenvalue weighted by molar-refractivity contribution is 9.10. The Bertz CT molecular complexity index is 479. The first-order chi connectivity index (χ1) is 8.11. The lowest BCUT2D eigenvalue weighted by Gasteiger charge is -2.13. The summed E-state index contributed by atoms with van der Waals surface area (Å²) in [5, 5.41) is 7.34. The second kappa shape index (κ2) is 5.04. The summed E-state index contributed by atoms with van der Waals surface area (Å²) in [4.78, 5) is 12.0. The predicted molar refractivity (Wildman–Crippen MR) is 72.2 cm³/mol. The van der Waals surface area contributed by atoms with E-state index in [4.69, 9.17) is 0 Å². The van der Waals surface area contributed by atoms with Gasteiger partial charge in [-0.15, -0.1) is 6.58 Å². The standard InChI is InChI=1S/C12H16BrN3O/c1-3-8(2)15-10-6-14-16(7-9-4-5-9)12(17)11(10)13/h3,6,8-9,15H,1,4-5,7H2,2H3. The quantitative estimate of drug-likeness (QED) is 0.849. The van der Waals surface area contributed by atoms with Crippen LogP contribution in [0.15, 0.2) is 28.1 Å². The zero-order valence-corrected chi connectivity index (χ0v) is 11.4. The largest absolute Gasteiger partial charge is 0.377 e. The Balaban J connectivity index is 2.21. The lowest BCUT2D eigenvalue weighted by molar-refractivity contribution is 0.531. The van der Waals surface area contributed by atoms with Crippen LogP contribution >= 0.6 is 15.9 Å². The fourth-order valence-corrected chi connectivity index (χ4v) is 1.97. The Hall–Kier alpha value is -1.10. The first-order valence-electron chi connectivity index (χ1n) is 5.76. The molecule has 1 heterocycles. The number of nitrogens with one attached hydrogen (secondary N) is 1. The molecule has 0 spiro atoms. The molecule has 1 aromatic heterocycles. The molecule has 1 aromatic rings. The van der Waals surface area contributed by atoms with Gasteiger partial charge in [-0.25, -0.2) is 4.68 Å². The van der Waals surface area contributed by atoms with Gasteiger partial charge in [-0.3, -0.25) is 4.79 Å². The molecule has 4 nitrogen and oxygen atoms in total. The van der Waals surface area contributed by atoms with E-state index in [1.54, 1.807) is 12.3 Å². The molecule has 0 radical (unpaired) electrons. The molecule has 1 atom stereocenters. The summed E-state index contributed by atoms with van der Waals surface area (Å²) in [5.74, 6) is 0.637. The Morgan fingerprint density at radius 3 is 3.06 bits per heavy atom. The predicted octanol–water partition coefficient (Wildman–Crippen LogP) is 2.40. The molecule has 1 saturated carbocycles. The van der Waals surface area contributed by atoms with Crippen molar-refractivity contribution in [3.63, 3.8) is 0 Å². The van der Waals surface area contributed by atoms with E-state index < -0.39 is 0 Å². The van der Waals surface area contributed by atoms with Crippen molar-refractivity contribution < 1.29 is 0 Å². The second-order valence-corrected chi connectivity index (χ2v) is 5.26. The molecule has 17 heavy (non-hydrogen) atoms.